The molecule has 1 aliphatic rings. The van der Waals surface area contributed by atoms with Gasteiger partial charge in [-0.15, -0.1) is 11.3 Å². The molecule has 184 valence electrons. The van der Waals surface area contributed by atoms with Crippen LogP contribution in [0.25, 0.3) is 12.2 Å². The van der Waals surface area contributed by atoms with Crippen molar-refractivity contribution in [2.24, 2.45) is 5.92 Å². The third-order valence-electron chi connectivity index (χ3n) is 5.61. The normalized spacial score (nSPS) is 16.0. The summed E-state index contributed by atoms with van der Waals surface area (Å²) in [4.78, 5) is 37.6. The number of ether oxygens (including phenoxy) is 1. The average Bonchev–Trinajstić information content (AvgIpc) is 3.07. The second kappa shape index (κ2) is 11.5. The molecule has 1 amide bonds. The number of rotatable bonds is 7. The highest BCUT2D eigenvalue weighted by Gasteiger charge is 2.29. The Morgan fingerprint density at radius 3 is 2.47 bits per heavy atom. The molecule has 1 saturated carbocycles. The van der Waals surface area contributed by atoms with Crippen molar-refractivity contribution >= 4 is 35.4 Å². The van der Waals surface area contributed by atoms with Crippen LogP contribution in [0.5, 0.6) is 0 Å². The maximum absolute atomic E-state index is 13.0. The Labute approximate surface area is 198 Å². The molecule has 3 rings (SSSR count). The summed E-state index contributed by atoms with van der Waals surface area (Å²) in [5, 5.41) is 2.87. The number of thiazole rings is 1. The first kappa shape index (κ1) is 25.7. The van der Waals surface area contributed by atoms with Gasteiger partial charge in [0.05, 0.1) is 22.8 Å². The van der Waals surface area contributed by atoms with E-state index in [2.05, 4.69) is 5.32 Å². The van der Waals surface area contributed by atoms with Crippen molar-refractivity contribution in [2.45, 2.75) is 51.7 Å². The summed E-state index contributed by atoms with van der Waals surface area (Å²) >= 11 is 0.969. The van der Waals surface area contributed by atoms with Gasteiger partial charge in [-0.3, -0.25) is 14.2 Å². The Hall–Kier alpha value is -2.88. The quantitative estimate of drug-likeness (QED) is 0.598. The molecule has 6 nitrogen and oxygen atoms in total. The van der Waals surface area contributed by atoms with E-state index in [4.69, 9.17) is 4.74 Å². The zero-order chi connectivity index (χ0) is 24.7. The SMILES string of the molecule is CCOC(=O)C=c1sc(=Cc2ccc(C(F)(F)F)cc2)c(=O)n1CC(=O)NCC1CCCCC1. The van der Waals surface area contributed by atoms with Crippen LogP contribution in [-0.4, -0.2) is 29.6 Å². The maximum atomic E-state index is 13.0. The molecule has 0 spiro atoms. The van der Waals surface area contributed by atoms with Crippen molar-refractivity contribution in [2.75, 3.05) is 13.2 Å². The Bertz CT molecular complexity index is 1180. The van der Waals surface area contributed by atoms with E-state index in [1.807, 2.05) is 0 Å². The molecule has 10 heteroatoms. The molecule has 0 radical (unpaired) electrons. The van der Waals surface area contributed by atoms with Crippen LogP contribution in [0.2, 0.25) is 0 Å². The molecule has 0 saturated heterocycles. The minimum atomic E-state index is -4.46. The van der Waals surface area contributed by atoms with Crippen LogP contribution in [-0.2, 0) is 27.0 Å². The number of carbonyl (C=O) groups excluding carboxylic acids is 2. The minimum Gasteiger partial charge on any atom is -0.463 e. The second-order valence-corrected chi connectivity index (χ2v) is 9.23. The fraction of sp³-hybridized carbons (Fsp3) is 0.458. The van der Waals surface area contributed by atoms with Gasteiger partial charge >= 0.3 is 12.1 Å². The molecule has 34 heavy (non-hydrogen) atoms. The third-order valence-corrected chi connectivity index (χ3v) is 6.67. The summed E-state index contributed by atoms with van der Waals surface area (Å²) in [6.45, 7) is 2.07. The van der Waals surface area contributed by atoms with Crippen LogP contribution in [0.1, 0.15) is 50.2 Å². The first-order chi connectivity index (χ1) is 16.2. The van der Waals surface area contributed by atoms with Crippen molar-refractivity contribution in [3.63, 3.8) is 0 Å². The van der Waals surface area contributed by atoms with E-state index < -0.39 is 23.3 Å². The first-order valence-electron chi connectivity index (χ1n) is 11.2. The number of aromatic nitrogens is 1. The van der Waals surface area contributed by atoms with Gasteiger partial charge in [-0.2, -0.15) is 13.2 Å². The van der Waals surface area contributed by atoms with Gasteiger partial charge in [0.15, 0.2) is 0 Å². The summed E-state index contributed by atoms with van der Waals surface area (Å²) in [6.07, 6.45) is 3.75. The standard InChI is InChI=1S/C24H27F3N2O4S/c1-2-33-22(31)13-21-29(15-20(30)28-14-17-6-4-3-5-7-17)23(32)19(34-21)12-16-8-10-18(11-9-16)24(25,26)27/h8-13,17H,2-7,14-15H2,1H3,(H,28,30). The number of esters is 1. The summed E-state index contributed by atoms with van der Waals surface area (Å²) in [6, 6.07) is 4.39. The monoisotopic (exact) mass is 496 g/mol. The first-order valence-corrected chi connectivity index (χ1v) is 12.0. The van der Waals surface area contributed by atoms with Crippen LogP contribution in [0.4, 0.5) is 13.2 Å². The highest BCUT2D eigenvalue weighted by atomic mass is 32.1. The van der Waals surface area contributed by atoms with Crippen LogP contribution >= 0.6 is 11.3 Å². The molecule has 1 aromatic heterocycles. The highest BCUT2D eigenvalue weighted by Crippen LogP contribution is 2.29. The largest absolute Gasteiger partial charge is 0.463 e. The molecule has 1 heterocycles. The van der Waals surface area contributed by atoms with Crippen LogP contribution in [0.15, 0.2) is 29.1 Å². The number of hydrogen-bond donors (Lipinski definition) is 1. The molecule has 1 aromatic carbocycles. The van der Waals surface area contributed by atoms with E-state index in [1.54, 1.807) is 6.92 Å². The van der Waals surface area contributed by atoms with Gasteiger partial charge in [-0.25, -0.2) is 4.79 Å². The molecule has 1 N–H and O–H groups in total. The molecular weight excluding hydrogens is 469 g/mol. The second-order valence-electron chi connectivity index (χ2n) is 8.16. The Morgan fingerprint density at radius 1 is 1.18 bits per heavy atom. The lowest BCUT2D eigenvalue weighted by atomic mass is 9.89. The maximum Gasteiger partial charge on any atom is 0.416 e. The van der Waals surface area contributed by atoms with Crippen molar-refractivity contribution in [1.29, 1.82) is 0 Å². The van der Waals surface area contributed by atoms with Crippen molar-refractivity contribution in [3.8, 4) is 0 Å². The highest BCUT2D eigenvalue weighted by molar-refractivity contribution is 7.07. The molecule has 1 aliphatic carbocycles. The molecule has 0 aliphatic heterocycles. The minimum absolute atomic E-state index is 0.150. The van der Waals surface area contributed by atoms with Crippen molar-refractivity contribution in [3.05, 3.63) is 54.9 Å². The Morgan fingerprint density at radius 2 is 1.85 bits per heavy atom. The van der Waals surface area contributed by atoms with Crippen LogP contribution in [0, 0.1) is 5.92 Å². The topological polar surface area (TPSA) is 77.4 Å². The van der Waals surface area contributed by atoms with Crippen LogP contribution in [0.3, 0.4) is 0 Å². The Balaban J connectivity index is 1.88. The van der Waals surface area contributed by atoms with Gasteiger partial charge in [-0.05, 0) is 49.5 Å². The molecule has 1 fully saturated rings. The molecular formula is C24H27F3N2O4S. The number of carbonyl (C=O) groups is 2. The number of benzene rings is 1. The molecule has 0 unspecified atom stereocenters. The van der Waals surface area contributed by atoms with Gasteiger partial charge < -0.3 is 10.1 Å². The summed E-state index contributed by atoms with van der Waals surface area (Å²) in [5.74, 6) is -0.572. The van der Waals surface area contributed by atoms with Gasteiger partial charge in [-0.1, -0.05) is 31.4 Å². The van der Waals surface area contributed by atoms with Gasteiger partial charge in [0.25, 0.3) is 5.56 Å². The van der Waals surface area contributed by atoms with Gasteiger partial charge in [0, 0.05) is 6.54 Å². The number of halogens is 3. The predicted octanol–water partition coefficient (Wildman–Crippen LogP) is 2.80. The lowest BCUT2D eigenvalue weighted by Crippen LogP contribution is -2.39. The van der Waals surface area contributed by atoms with E-state index in [1.165, 1.54) is 29.2 Å². The van der Waals surface area contributed by atoms with E-state index >= 15 is 0 Å². The fourth-order valence-corrected chi connectivity index (χ4v) is 4.88. The van der Waals surface area contributed by atoms with Crippen LogP contribution < -0.4 is 20.1 Å². The summed E-state index contributed by atoms with van der Waals surface area (Å²) in [7, 11) is 0. The van der Waals surface area contributed by atoms with E-state index in [9.17, 15) is 27.6 Å². The lowest BCUT2D eigenvalue weighted by Gasteiger charge is -2.21. The Kier molecular flexibility index (Phi) is 8.71. The molecule has 0 bridgehead atoms. The van der Waals surface area contributed by atoms with Crippen molar-refractivity contribution < 1.29 is 27.5 Å². The summed E-state index contributed by atoms with van der Waals surface area (Å²) < 4.78 is 45.0. The zero-order valence-corrected chi connectivity index (χ0v) is 19.6. The lowest BCUT2D eigenvalue weighted by molar-refractivity contribution is -0.137. The molecule has 0 atom stereocenters. The zero-order valence-electron chi connectivity index (χ0n) is 18.8. The molecule has 2 aromatic rings. The number of nitrogens with zero attached hydrogens (tertiary/aromatic N) is 1. The summed E-state index contributed by atoms with van der Waals surface area (Å²) in [5.41, 5.74) is -0.907. The average molecular weight is 497 g/mol. The predicted molar refractivity (Wildman–Crippen MR) is 124 cm³/mol. The number of amides is 1. The third kappa shape index (κ3) is 7.06. The number of alkyl halides is 3. The van der Waals surface area contributed by atoms with E-state index in [0.717, 1.165) is 55.2 Å². The van der Waals surface area contributed by atoms with Gasteiger partial charge in [0.2, 0.25) is 5.91 Å². The number of nitrogens with one attached hydrogen (secondary N) is 1. The smallest absolute Gasteiger partial charge is 0.416 e. The van der Waals surface area contributed by atoms with Gasteiger partial charge in [0.1, 0.15) is 11.2 Å². The van der Waals surface area contributed by atoms with E-state index in [-0.39, 0.29) is 28.3 Å². The fourth-order valence-electron chi connectivity index (χ4n) is 3.85. The van der Waals surface area contributed by atoms with E-state index in [0.29, 0.717) is 18.0 Å². The van der Waals surface area contributed by atoms with Crippen molar-refractivity contribution in [1.82, 2.24) is 9.88 Å². The number of hydrogen-bond acceptors (Lipinski definition) is 5.